The average molecular weight is 1160 g/mol. The summed E-state index contributed by atoms with van der Waals surface area (Å²) in [6.45, 7) is 11.2. The predicted molar refractivity (Wildman–Crippen MR) is 290 cm³/mol. The van der Waals surface area contributed by atoms with Crippen LogP contribution in [0.2, 0.25) is 0 Å². The highest BCUT2D eigenvalue weighted by atomic mass is 16.7. The summed E-state index contributed by atoms with van der Waals surface area (Å²) in [4.78, 5) is 38.3. The second-order valence-corrected chi connectivity index (χ2v) is 22.1. The molecule has 0 spiro atoms. The molecule has 3 fully saturated rings. The summed E-state index contributed by atoms with van der Waals surface area (Å²) in [5.41, 5.74) is -0.886. The van der Waals surface area contributed by atoms with Crippen LogP contribution in [-0.2, 0) is 57.0 Å². The van der Waals surface area contributed by atoms with Crippen LogP contribution in [0.1, 0.15) is 131 Å². The zero-order valence-corrected chi connectivity index (χ0v) is 48.4. The number of rotatable bonds is 44. The number of carbonyl (C=O) groups excluding carboxylic acids is 3. The number of aliphatic hydroxyl groups excluding tert-OH is 9. The van der Waals surface area contributed by atoms with Gasteiger partial charge >= 0.3 is 0 Å². The Bertz CT molecular complexity index is 1470. The molecule has 6 unspecified atom stereocenters. The summed E-state index contributed by atoms with van der Waals surface area (Å²) >= 11 is 0. The first-order valence-electron chi connectivity index (χ1n) is 29.4. The molecule has 0 radical (unpaired) electrons. The molecule has 0 saturated carbocycles. The van der Waals surface area contributed by atoms with Crippen molar-refractivity contribution in [2.75, 3.05) is 98.9 Å². The van der Waals surface area contributed by atoms with Crippen LogP contribution in [0, 0.1) is 17.8 Å². The Labute approximate surface area is 473 Å². The number of unbranched alkanes of at least 4 members (excludes halogenated alkanes) is 9. The van der Waals surface area contributed by atoms with Crippen LogP contribution in [0.15, 0.2) is 0 Å². The van der Waals surface area contributed by atoms with E-state index in [9.17, 15) is 60.3 Å². The molecular formula is C55H104N4O21. The fourth-order valence-corrected chi connectivity index (χ4v) is 9.68. The number of amides is 3. The van der Waals surface area contributed by atoms with Crippen molar-refractivity contribution in [2.24, 2.45) is 17.8 Å². The van der Waals surface area contributed by atoms with E-state index in [1.165, 1.54) is 0 Å². The Balaban J connectivity index is 1.37. The predicted octanol–water partition coefficient (Wildman–Crippen LogP) is -0.752. The molecule has 15 atom stereocenters. The van der Waals surface area contributed by atoms with Gasteiger partial charge in [0, 0.05) is 82.5 Å². The molecule has 470 valence electrons. The van der Waals surface area contributed by atoms with E-state index in [2.05, 4.69) is 21.3 Å². The molecule has 0 bridgehead atoms. The molecule has 0 aromatic carbocycles. The summed E-state index contributed by atoms with van der Waals surface area (Å²) in [6.07, 6.45) is -1.67. The van der Waals surface area contributed by atoms with E-state index in [1.807, 2.05) is 13.8 Å². The van der Waals surface area contributed by atoms with E-state index in [0.29, 0.717) is 39.5 Å². The van der Waals surface area contributed by atoms with Crippen molar-refractivity contribution < 1.29 is 103 Å². The summed E-state index contributed by atoms with van der Waals surface area (Å²) in [5, 5.41) is 102. The second-order valence-electron chi connectivity index (χ2n) is 22.1. The zero-order chi connectivity index (χ0) is 58.9. The number of aliphatic hydroxyl groups is 9. The molecule has 13 N–H and O–H groups in total. The molecule has 0 aromatic rings. The topological polar surface area (TPSA) is 364 Å². The summed E-state index contributed by atoms with van der Waals surface area (Å²) < 4.78 is 52.5. The van der Waals surface area contributed by atoms with Crippen LogP contribution >= 0.6 is 0 Å². The van der Waals surface area contributed by atoms with E-state index >= 15 is 0 Å². The third-order valence-electron chi connectivity index (χ3n) is 14.7. The first-order chi connectivity index (χ1) is 38.4. The van der Waals surface area contributed by atoms with Gasteiger partial charge in [0.15, 0.2) is 18.9 Å². The maximum Gasteiger partial charge on any atom is 0.222 e. The molecule has 25 heteroatoms. The minimum atomic E-state index is -1.18. The van der Waals surface area contributed by atoms with Crippen molar-refractivity contribution in [1.29, 1.82) is 0 Å². The normalized spacial score (nSPS) is 29.8. The van der Waals surface area contributed by atoms with Gasteiger partial charge in [0.05, 0.1) is 83.3 Å². The van der Waals surface area contributed by atoms with E-state index in [1.54, 1.807) is 20.8 Å². The van der Waals surface area contributed by atoms with E-state index in [4.69, 9.17) is 42.6 Å². The van der Waals surface area contributed by atoms with E-state index in [0.717, 1.165) is 77.0 Å². The maximum atomic E-state index is 12.8. The van der Waals surface area contributed by atoms with Crippen molar-refractivity contribution in [3.8, 4) is 0 Å². The smallest absolute Gasteiger partial charge is 0.222 e. The lowest BCUT2D eigenvalue weighted by molar-refractivity contribution is -0.282. The molecule has 3 heterocycles. The van der Waals surface area contributed by atoms with Crippen molar-refractivity contribution in [2.45, 2.75) is 216 Å². The van der Waals surface area contributed by atoms with Crippen LogP contribution in [0.3, 0.4) is 0 Å². The summed E-state index contributed by atoms with van der Waals surface area (Å²) in [6, 6.07) is -0.0375. The SMILES string of the molecule is CC(C)NC(COCCC(=O)NCCCCCCO[C@@H]1OC(CO)[C@H](O)[C@H](O)C1C)(COCCC(=O)NCCCCCCO[C@@H]1OC(CO)[C@H](O)[C@H](O)C1C)COCCC(=O)NCCCCCCO[C@@H]1OC(CO)[C@H](O)[C@H](O)C1C. The van der Waals surface area contributed by atoms with E-state index < -0.39 is 117 Å². The Hall–Kier alpha value is -2.35. The van der Waals surface area contributed by atoms with Gasteiger partial charge in [0.2, 0.25) is 17.7 Å². The van der Waals surface area contributed by atoms with Crippen molar-refractivity contribution in [3.63, 3.8) is 0 Å². The largest absolute Gasteiger partial charge is 0.394 e. The van der Waals surface area contributed by atoms with Gasteiger partial charge in [0.1, 0.15) is 36.6 Å². The average Bonchev–Trinajstić information content (AvgIpc) is 3.44. The lowest BCUT2D eigenvalue weighted by Gasteiger charge is -2.40. The number of carbonyl (C=O) groups is 3. The van der Waals surface area contributed by atoms with E-state index in [-0.39, 0.29) is 82.7 Å². The Morgan fingerprint density at radius 3 is 0.963 bits per heavy atom. The molecular weight excluding hydrogens is 1050 g/mol. The monoisotopic (exact) mass is 1160 g/mol. The van der Waals surface area contributed by atoms with Gasteiger partial charge in [-0.2, -0.15) is 0 Å². The molecule has 3 amide bonds. The van der Waals surface area contributed by atoms with Gasteiger partial charge in [-0.25, -0.2) is 0 Å². The Morgan fingerprint density at radius 1 is 0.425 bits per heavy atom. The van der Waals surface area contributed by atoms with Crippen molar-refractivity contribution >= 4 is 17.7 Å². The molecule has 3 aliphatic rings. The molecule has 3 saturated heterocycles. The fourth-order valence-electron chi connectivity index (χ4n) is 9.68. The fraction of sp³-hybridized carbons (Fsp3) is 0.945. The van der Waals surface area contributed by atoms with Crippen LogP contribution in [0.5, 0.6) is 0 Å². The number of hydrogen-bond acceptors (Lipinski definition) is 22. The van der Waals surface area contributed by atoms with Gasteiger partial charge in [-0.3, -0.25) is 14.4 Å². The summed E-state index contributed by atoms with van der Waals surface area (Å²) in [5.74, 6) is -1.83. The molecule has 3 aliphatic heterocycles. The standard InChI is InChI=1S/C55H104N4O21/c1-36(2)59-55(33-72-27-18-43(63)56-21-12-6-9-15-24-75-52-37(3)46(66)49(69)40(30-60)78-52,34-73-28-19-44(64)57-22-13-7-10-16-25-76-53-38(4)47(67)50(70)41(31-61)79-53)35-74-29-20-45(65)58-23-14-8-11-17-26-77-54-39(5)48(68)51(71)42(32-62)80-54/h36-42,46-54,59-62,66-71H,6-35H2,1-5H3,(H,56,63)(H,57,64)(H,58,65)/t37?,38?,39?,40?,41?,42?,46-,47-,48-,49+,50+,51+,52-,53-,54-,55?/m1/s1. The number of nitrogens with one attached hydrogen (secondary N) is 4. The zero-order valence-electron chi connectivity index (χ0n) is 48.4. The Kier molecular flexibility index (Phi) is 36.7. The highest BCUT2D eigenvalue weighted by Crippen LogP contribution is 2.29. The Morgan fingerprint density at radius 2 is 0.700 bits per heavy atom. The van der Waals surface area contributed by atoms with Gasteiger partial charge in [-0.15, -0.1) is 0 Å². The van der Waals surface area contributed by atoms with Gasteiger partial charge in [0.25, 0.3) is 0 Å². The highest BCUT2D eigenvalue weighted by molar-refractivity contribution is 5.76. The number of ether oxygens (including phenoxy) is 9. The van der Waals surface area contributed by atoms with Crippen LogP contribution in [0.25, 0.3) is 0 Å². The second kappa shape index (κ2) is 40.8. The van der Waals surface area contributed by atoms with Crippen LogP contribution in [0.4, 0.5) is 0 Å². The quantitative estimate of drug-likeness (QED) is 0.0334. The lowest BCUT2D eigenvalue weighted by Crippen LogP contribution is -2.59. The first kappa shape index (κ1) is 71.9. The van der Waals surface area contributed by atoms with Crippen molar-refractivity contribution in [3.05, 3.63) is 0 Å². The molecule has 25 nitrogen and oxygen atoms in total. The van der Waals surface area contributed by atoms with Gasteiger partial charge < -0.3 is 110 Å². The third-order valence-corrected chi connectivity index (χ3v) is 14.7. The van der Waals surface area contributed by atoms with Gasteiger partial charge in [-0.05, 0) is 38.5 Å². The highest BCUT2D eigenvalue weighted by Gasteiger charge is 2.44. The van der Waals surface area contributed by atoms with Crippen LogP contribution < -0.4 is 21.3 Å². The molecule has 80 heavy (non-hydrogen) atoms. The maximum absolute atomic E-state index is 12.8. The number of hydrogen-bond donors (Lipinski definition) is 13. The third kappa shape index (κ3) is 26.7. The van der Waals surface area contributed by atoms with Crippen molar-refractivity contribution in [1.82, 2.24) is 21.3 Å². The van der Waals surface area contributed by atoms with Crippen LogP contribution in [-0.4, -0.2) is 248 Å². The van der Waals surface area contributed by atoms with Gasteiger partial charge in [-0.1, -0.05) is 73.1 Å². The molecule has 3 rings (SSSR count). The molecule has 0 aliphatic carbocycles. The lowest BCUT2D eigenvalue weighted by atomic mass is 9.92. The minimum absolute atomic E-state index is 0.0375. The molecule has 0 aromatic heterocycles. The first-order valence-corrected chi connectivity index (χ1v) is 29.4. The summed E-state index contributed by atoms with van der Waals surface area (Å²) in [7, 11) is 0. The minimum Gasteiger partial charge on any atom is -0.394 e.